The second kappa shape index (κ2) is 4.67. The molecule has 2 N–H and O–H groups in total. The summed E-state index contributed by atoms with van der Waals surface area (Å²) in [6.07, 6.45) is 3.18. The Hall–Kier alpha value is -1.33. The molecule has 82 valence electrons. The number of anilines is 1. The second-order valence-corrected chi connectivity index (χ2v) is 4.22. The number of halogens is 2. The van der Waals surface area contributed by atoms with Crippen molar-refractivity contribution in [2.45, 2.75) is 0 Å². The molecule has 4 nitrogen and oxygen atoms in total. The fourth-order valence-electron chi connectivity index (χ4n) is 1.17. The van der Waals surface area contributed by atoms with E-state index in [2.05, 4.69) is 31.2 Å². The Kier molecular flexibility index (Phi) is 3.26. The smallest absolute Gasteiger partial charge is 0.272 e. The largest absolute Gasteiger partial charge is 0.356 e. The van der Waals surface area contributed by atoms with Gasteiger partial charge in [0.25, 0.3) is 5.91 Å². The molecule has 2 aromatic rings. The van der Waals surface area contributed by atoms with Crippen molar-refractivity contribution in [2.24, 2.45) is 0 Å². The highest BCUT2D eigenvalue weighted by Crippen LogP contribution is 2.19. The SMILES string of the molecule is O=C(Nc1cccnc1Br)c1cc(Cl)c[nH]1. The molecule has 0 fully saturated rings. The monoisotopic (exact) mass is 299 g/mol. The van der Waals surface area contributed by atoms with Crippen LogP contribution in [0.5, 0.6) is 0 Å². The maximum atomic E-state index is 11.7. The quantitative estimate of drug-likeness (QED) is 0.837. The fraction of sp³-hybridized carbons (Fsp3) is 0. The molecule has 0 aliphatic carbocycles. The van der Waals surface area contributed by atoms with E-state index in [-0.39, 0.29) is 5.91 Å². The van der Waals surface area contributed by atoms with Crippen molar-refractivity contribution < 1.29 is 4.79 Å². The van der Waals surface area contributed by atoms with Crippen LogP contribution in [-0.4, -0.2) is 15.9 Å². The summed E-state index contributed by atoms with van der Waals surface area (Å²) in [6.45, 7) is 0. The first-order valence-corrected chi connectivity index (χ1v) is 5.59. The maximum Gasteiger partial charge on any atom is 0.272 e. The average Bonchev–Trinajstić information content (AvgIpc) is 2.68. The molecule has 0 bridgehead atoms. The van der Waals surface area contributed by atoms with Gasteiger partial charge in [0.05, 0.1) is 10.7 Å². The number of amides is 1. The van der Waals surface area contributed by atoms with E-state index in [0.29, 0.717) is 21.0 Å². The predicted molar refractivity (Wildman–Crippen MR) is 65.7 cm³/mol. The van der Waals surface area contributed by atoms with Gasteiger partial charge in [0.15, 0.2) is 0 Å². The fourth-order valence-corrected chi connectivity index (χ4v) is 1.68. The molecular formula is C10H7BrClN3O. The van der Waals surface area contributed by atoms with E-state index in [4.69, 9.17) is 11.6 Å². The number of nitrogens with zero attached hydrogens (tertiary/aromatic N) is 1. The molecule has 0 aliphatic rings. The molecule has 6 heteroatoms. The lowest BCUT2D eigenvalue weighted by Gasteiger charge is -2.04. The van der Waals surface area contributed by atoms with Gasteiger partial charge in [-0.3, -0.25) is 4.79 Å². The van der Waals surface area contributed by atoms with Gasteiger partial charge in [-0.1, -0.05) is 11.6 Å². The molecule has 0 aromatic carbocycles. The lowest BCUT2D eigenvalue weighted by Crippen LogP contribution is -2.12. The highest BCUT2D eigenvalue weighted by Gasteiger charge is 2.09. The van der Waals surface area contributed by atoms with Gasteiger partial charge in [0.2, 0.25) is 0 Å². The number of pyridine rings is 1. The van der Waals surface area contributed by atoms with Crippen LogP contribution in [-0.2, 0) is 0 Å². The van der Waals surface area contributed by atoms with Crippen LogP contribution in [0.2, 0.25) is 5.02 Å². The first-order valence-electron chi connectivity index (χ1n) is 4.42. The van der Waals surface area contributed by atoms with E-state index in [0.717, 1.165) is 0 Å². The minimum atomic E-state index is -0.263. The highest BCUT2D eigenvalue weighted by atomic mass is 79.9. The minimum Gasteiger partial charge on any atom is -0.356 e. The Labute approximate surface area is 105 Å². The minimum absolute atomic E-state index is 0.263. The summed E-state index contributed by atoms with van der Waals surface area (Å²) < 4.78 is 0.584. The van der Waals surface area contributed by atoms with Crippen molar-refractivity contribution in [2.75, 3.05) is 5.32 Å². The number of carbonyl (C=O) groups is 1. The molecule has 0 unspecified atom stereocenters. The Morgan fingerprint density at radius 1 is 1.56 bits per heavy atom. The van der Waals surface area contributed by atoms with Crippen LogP contribution in [0.4, 0.5) is 5.69 Å². The molecule has 2 rings (SSSR count). The van der Waals surface area contributed by atoms with Gasteiger partial charge in [-0.05, 0) is 34.1 Å². The van der Waals surface area contributed by atoms with Crippen LogP contribution in [0.25, 0.3) is 0 Å². The summed E-state index contributed by atoms with van der Waals surface area (Å²) in [5.41, 5.74) is 1.01. The van der Waals surface area contributed by atoms with Crippen molar-refractivity contribution >= 4 is 39.1 Å². The third-order valence-electron chi connectivity index (χ3n) is 1.90. The van der Waals surface area contributed by atoms with Gasteiger partial charge in [-0.15, -0.1) is 0 Å². The number of nitrogens with one attached hydrogen (secondary N) is 2. The Bertz CT molecular complexity index is 526. The summed E-state index contributed by atoms with van der Waals surface area (Å²) >= 11 is 8.95. The van der Waals surface area contributed by atoms with Gasteiger partial charge in [-0.2, -0.15) is 0 Å². The van der Waals surface area contributed by atoms with Crippen molar-refractivity contribution in [3.63, 3.8) is 0 Å². The number of hydrogen-bond donors (Lipinski definition) is 2. The van der Waals surface area contributed by atoms with Gasteiger partial charge < -0.3 is 10.3 Å². The summed E-state index contributed by atoms with van der Waals surface area (Å²) in [6, 6.07) is 5.04. The third kappa shape index (κ3) is 2.43. The molecule has 2 aromatic heterocycles. The zero-order chi connectivity index (χ0) is 11.5. The van der Waals surface area contributed by atoms with Gasteiger partial charge >= 0.3 is 0 Å². The van der Waals surface area contributed by atoms with E-state index < -0.39 is 0 Å². The molecule has 16 heavy (non-hydrogen) atoms. The summed E-state index contributed by atoms with van der Waals surface area (Å²) in [7, 11) is 0. The van der Waals surface area contributed by atoms with E-state index in [1.54, 1.807) is 30.6 Å². The number of H-pyrrole nitrogens is 1. The molecule has 0 saturated carbocycles. The van der Waals surface area contributed by atoms with Crippen molar-refractivity contribution in [1.82, 2.24) is 9.97 Å². The molecule has 0 atom stereocenters. The molecule has 0 saturated heterocycles. The standard InChI is InChI=1S/C10H7BrClN3O/c11-9-7(2-1-3-13-9)15-10(16)8-4-6(12)5-14-8/h1-5,14H,(H,15,16). The summed E-state index contributed by atoms with van der Waals surface area (Å²) in [4.78, 5) is 18.5. The molecule has 2 heterocycles. The van der Waals surface area contributed by atoms with Crippen LogP contribution in [0.1, 0.15) is 10.5 Å². The number of rotatable bonds is 2. The Balaban J connectivity index is 2.17. The van der Waals surface area contributed by atoms with Crippen LogP contribution < -0.4 is 5.32 Å². The lowest BCUT2D eigenvalue weighted by atomic mass is 10.3. The van der Waals surface area contributed by atoms with Crippen LogP contribution >= 0.6 is 27.5 Å². The van der Waals surface area contributed by atoms with Crippen molar-refractivity contribution in [3.05, 3.63) is 45.9 Å². The maximum absolute atomic E-state index is 11.7. The lowest BCUT2D eigenvalue weighted by molar-refractivity contribution is 0.102. The van der Waals surface area contributed by atoms with Crippen molar-refractivity contribution in [3.8, 4) is 0 Å². The molecule has 0 aliphatic heterocycles. The van der Waals surface area contributed by atoms with Crippen LogP contribution in [0.3, 0.4) is 0 Å². The topological polar surface area (TPSA) is 57.8 Å². The average molecular weight is 301 g/mol. The van der Waals surface area contributed by atoms with E-state index in [9.17, 15) is 4.79 Å². The number of carbonyl (C=O) groups excluding carboxylic acids is 1. The summed E-state index contributed by atoms with van der Waals surface area (Å²) in [5, 5.41) is 3.20. The van der Waals surface area contributed by atoms with Gasteiger partial charge in [0, 0.05) is 12.4 Å². The molecule has 0 radical (unpaired) electrons. The molecule has 1 amide bonds. The molecule has 0 spiro atoms. The predicted octanol–water partition coefficient (Wildman–Crippen LogP) is 3.08. The first kappa shape index (κ1) is 11.2. The van der Waals surface area contributed by atoms with Crippen LogP contribution in [0, 0.1) is 0 Å². The summed E-state index contributed by atoms with van der Waals surface area (Å²) in [5.74, 6) is -0.263. The number of aromatic nitrogens is 2. The normalized spacial score (nSPS) is 10.1. The zero-order valence-corrected chi connectivity index (χ0v) is 10.3. The number of hydrogen-bond acceptors (Lipinski definition) is 2. The van der Waals surface area contributed by atoms with E-state index in [1.165, 1.54) is 0 Å². The van der Waals surface area contributed by atoms with Gasteiger partial charge in [0.1, 0.15) is 10.3 Å². The third-order valence-corrected chi connectivity index (χ3v) is 2.75. The van der Waals surface area contributed by atoms with E-state index in [1.807, 2.05) is 0 Å². The van der Waals surface area contributed by atoms with Crippen LogP contribution in [0.15, 0.2) is 35.2 Å². The van der Waals surface area contributed by atoms with Gasteiger partial charge in [-0.25, -0.2) is 4.98 Å². The van der Waals surface area contributed by atoms with E-state index >= 15 is 0 Å². The Morgan fingerprint density at radius 3 is 3.00 bits per heavy atom. The molecular weight excluding hydrogens is 293 g/mol. The van der Waals surface area contributed by atoms with Crippen molar-refractivity contribution in [1.29, 1.82) is 0 Å². The second-order valence-electron chi connectivity index (χ2n) is 3.03. The number of aromatic amines is 1. The zero-order valence-electron chi connectivity index (χ0n) is 8.00. The first-order chi connectivity index (χ1) is 7.66. The highest BCUT2D eigenvalue weighted by molar-refractivity contribution is 9.10. The Morgan fingerprint density at radius 2 is 2.38 bits per heavy atom.